The minimum Gasteiger partial charge on any atom is -0.496 e. The van der Waals surface area contributed by atoms with Gasteiger partial charge < -0.3 is 10.1 Å². The van der Waals surface area contributed by atoms with Crippen molar-refractivity contribution in [2.45, 2.75) is 6.54 Å². The second kappa shape index (κ2) is 6.53. The Morgan fingerprint density at radius 3 is 2.71 bits per heavy atom. The van der Waals surface area contributed by atoms with Gasteiger partial charge in [-0.25, -0.2) is 4.39 Å². The Morgan fingerprint density at radius 2 is 2.10 bits per heavy atom. The second-order valence-electron chi connectivity index (χ2n) is 4.24. The number of hydrogen-bond acceptors (Lipinski definition) is 4. The predicted octanol–water partition coefficient (Wildman–Crippen LogP) is 4.12. The van der Waals surface area contributed by atoms with Gasteiger partial charge in [-0.2, -0.15) is 0 Å². The minimum atomic E-state index is -0.481. The maximum absolute atomic E-state index is 13.1. The number of ether oxygens (including phenoxy) is 1. The van der Waals surface area contributed by atoms with Crippen molar-refractivity contribution in [1.29, 1.82) is 0 Å². The van der Waals surface area contributed by atoms with E-state index < -0.39 is 4.92 Å². The normalized spacial score (nSPS) is 10.2. The molecule has 0 atom stereocenters. The van der Waals surface area contributed by atoms with Crippen LogP contribution in [-0.2, 0) is 6.54 Å². The van der Waals surface area contributed by atoms with Crippen molar-refractivity contribution in [3.05, 3.63) is 62.4 Å². The molecular formula is C14H12BrFN2O3. The first-order chi connectivity index (χ1) is 10.0. The zero-order chi connectivity index (χ0) is 15.4. The smallest absolute Gasteiger partial charge is 0.296 e. The zero-order valence-corrected chi connectivity index (χ0v) is 12.7. The van der Waals surface area contributed by atoms with Crippen LogP contribution in [0.25, 0.3) is 0 Å². The number of nitrogens with one attached hydrogen (secondary N) is 1. The molecule has 0 unspecified atom stereocenters. The molecule has 1 N–H and O–H groups in total. The highest BCUT2D eigenvalue weighted by molar-refractivity contribution is 9.10. The lowest BCUT2D eigenvalue weighted by atomic mass is 10.2. The SMILES string of the molecule is COc1ccc(NCc2ccc(F)c(Br)c2)c([N+](=O)[O-])c1. The van der Waals surface area contributed by atoms with Crippen LogP contribution in [-0.4, -0.2) is 12.0 Å². The summed E-state index contributed by atoms with van der Waals surface area (Å²) in [6.45, 7) is 0.339. The Balaban J connectivity index is 2.19. The summed E-state index contributed by atoms with van der Waals surface area (Å²) in [5.74, 6) is 0.0611. The van der Waals surface area contributed by atoms with E-state index in [9.17, 15) is 14.5 Å². The van der Waals surface area contributed by atoms with Gasteiger partial charge in [0.05, 0.1) is 22.6 Å². The van der Waals surface area contributed by atoms with E-state index in [1.54, 1.807) is 24.3 Å². The Kier molecular flexibility index (Phi) is 4.74. The summed E-state index contributed by atoms with van der Waals surface area (Å²) in [7, 11) is 1.45. The summed E-state index contributed by atoms with van der Waals surface area (Å²) in [6, 6.07) is 9.14. The maximum Gasteiger partial charge on any atom is 0.296 e. The molecule has 7 heteroatoms. The average Bonchev–Trinajstić information content (AvgIpc) is 2.48. The molecule has 0 saturated carbocycles. The Labute approximate surface area is 129 Å². The highest BCUT2D eigenvalue weighted by atomic mass is 79.9. The topological polar surface area (TPSA) is 64.4 Å². The predicted molar refractivity (Wildman–Crippen MR) is 81.1 cm³/mol. The van der Waals surface area contributed by atoms with Gasteiger partial charge in [0, 0.05) is 6.54 Å². The number of rotatable bonds is 5. The molecule has 5 nitrogen and oxygen atoms in total. The molecule has 0 aliphatic carbocycles. The highest BCUT2D eigenvalue weighted by Gasteiger charge is 2.15. The minimum absolute atomic E-state index is 0.0736. The van der Waals surface area contributed by atoms with Crippen molar-refractivity contribution in [2.24, 2.45) is 0 Å². The molecule has 0 bridgehead atoms. The van der Waals surface area contributed by atoms with Gasteiger partial charge >= 0.3 is 0 Å². The third-order valence-corrected chi connectivity index (χ3v) is 3.48. The van der Waals surface area contributed by atoms with Gasteiger partial charge in [-0.05, 0) is 45.8 Å². The van der Waals surface area contributed by atoms with Crippen LogP contribution in [0, 0.1) is 15.9 Å². The van der Waals surface area contributed by atoms with Crippen LogP contribution >= 0.6 is 15.9 Å². The van der Waals surface area contributed by atoms with Crippen LogP contribution in [0.2, 0.25) is 0 Å². The molecule has 0 aliphatic rings. The molecule has 0 aliphatic heterocycles. The van der Waals surface area contributed by atoms with Crippen LogP contribution in [0.1, 0.15) is 5.56 Å². The number of benzene rings is 2. The fourth-order valence-corrected chi connectivity index (χ4v) is 2.21. The summed E-state index contributed by atoms with van der Waals surface area (Å²) >= 11 is 3.10. The number of nitro benzene ring substituents is 1. The standard InChI is InChI=1S/C14H12BrFN2O3/c1-21-10-3-5-13(14(7-10)18(19)20)17-8-9-2-4-12(16)11(15)6-9/h2-7,17H,8H2,1H3. The van der Waals surface area contributed by atoms with Crippen LogP contribution in [0.3, 0.4) is 0 Å². The average molecular weight is 355 g/mol. The molecule has 2 aromatic rings. The summed E-state index contributed by atoms with van der Waals surface area (Å²) in [4.78, 5) is 10.6. The lowest BCUT2D eigenvalue weighted by Gasteiger charge is -2.09. The summed E-state index contributed by atoms with van der Waals surface area (Å²) < 4.78 is 18.5. The zero-order valence-electron chi connectivity index (χ0n) is 11.1. The summed E-state index contributed by atoms with van der Waals surface area (Å²) in [6.07, 6.45) is 0. The summed E-state index contributed by atoms with van der Waals surface area (Å²) in [5.41, 5.74) is 1.10. The van der Waals surface area contributed by atoms with Gasteiger partial charge in [-0.3, -0.25) is 10.1 Å². The number of methoxy groups -OCH3 is 1. The number of nitrogens with zero attached hydrogens (tertiary/aromatic N) is 1. The lowest BCUT2D eigenvalue weighted by Crippen LogP contribution is -2.03. The van der Waals surface area contributed by atoms with Crippen molar-refractivity contribution in [3.8, 4) is 5.75 Å². The molecule has 2 rings (SSSR count). The first kappa shape index (κ1) is 15.2. The van der Waals surface area contributed by atoms with Crippen molar-refractivity contribution >= 4 is 27.3 Å². The Morgan fingerprint density at radius 1 is 1.33 bits per heavy atom. The van der Waals surface area contributed by atoms with Gasteiger partial charge in [0.15, 0.2) is 0 Å². The maximum atomic E-state index is 13.1. The van der Waals surface area contributed by atoms with E-state index in [0.29, 0.717) is 22.5 Å². The van der Waals surface area contributed by atoms with Crippen LogP contribution in [0.15, 0.2) is 40.9 Å². The van der Waals surface area contributed by atoms with Crippen LogP contribution in [0.5, 0.6) is 5.75 Å². The van der Waals surface area contributed by atoms with Crippen molar-refractivity contribution in [2.75, 3.05) is 12.4 Å². The molecule has 2 aromatic carbocycles. The third-order valence-electron chi connectivity index (χ3n) is 2.87. The van der Waals surface area contributed by atoms with Crippen LogP contribution < -0.4 is 10.1 Å². The number of hydrogen-bond donors (Lipinski definition) is 1. The van der Waals surface area contributed by atoms with Crippen molar-refractivity contribution in [1.82, 2.24) is 0 Å². The molecule has 0 fully saturated rings. The van der Waals surface area contributed by atoms with E-state index in [-0.39, 0.29) is 11.5 Å². The fourth-order valence-electron chi connectivity index (χ4n) is 1.79. The van der Waals surface area contributed by atoms with E-state index >= 15 is 0 Å². The van der Waals surface area contributed by atoms with E-state index in [2.05, 4.69) is 21.2 Å². The largest absolute Gasteiger partial charge is 0.496 e. The number of anilines is 1. The van der Waals surface area contributed by atoms with Gasteiger partial charge in [-0.1, -0.05) is 6.07 Å². The molecule has 0 heterocycles. The van der Waals surface area contributed by atoms with E-state index in [0.717, 1.165) is 5.56 Å². The molecule has 0 aromatic heterocycles. The van der Waals surface area contributed by atoms with Gasteiger partial charge in [0.1, 0.15) is 17.3 Å². The monoisotopic (exact) mass is 354 g/mol. The van der Waals surface area contributed by atoms with Gasteiger partial charge in [0.2, 0.25) is 0 Å². The number of nitro groups is 1. The first-order valence-corrected chi connectivity index (χ1v) is 6.81. The third kappa shape index (κ3) is 3.69. The highest BCUT2D eigenvalue weighted by Crippen LogP contribution is 2.29. The molecule has 0 saturated heterocycles. The fraction of sp³-hybridized carbons (Fsp3) is 0.143. The Bertz CT molecular complexity index is 679. The molecule has 110 valence electrons. The molecule has 0 radical (unpaired) electrons. The second-order valence-corrected chi connectivity index (χ2v) is 5.10. The van der Waals surface area contributed by atoms with E-state index in [1.807, 2.05) is 0 Å². The Hall–Kier alpha value is -2.15. The van der Waals surface area contributed by atoms with E-state index in [1.165, 1.54) is 19.2 Å². The molecular weight excluding hydrogens is 343 g/mol. The summed E-state index contributed by atoms with van der Waals surface area (Å²) in [5, 5.41) is 14.0. The van der Waals surface area contributed by atoms with E-state index in [4.69, 9.17) is 4.74 Å². The molecule has 0 amide bonds. The lowest BCUT2D eigenvalue weighted by molar-refractivity contribution is -0.384. The quantitative estimate of drug-likeness (QED) is 0.647. The van der Waals surface area contributed by atoms with Gasteiger partial charge in [0.25, 0.3) is 5.69 Å². The van der Waals surface area contributed by atoms with Crippen molar-refractivity contribution in [3.63, 3.8) is 0 Å². The van der Waals surface area contributed by atoms with Crippen molar-refractivity contribution < 1.29 is 14.1 Å². The van der Waals surface area contributed by atoms with Gasteiger partial charge in [-0.15, -0.1) is 0 Å². The first-order valence-electron chi connectivity index (χ1n) is 6.01. The molecule has 0 spiro atoms. The molecule has 21 heavy (non-hydrogen) atoms. The number of halogens is 2. The van der Waals surface area contributed by atoms with Crippen LogP contribution in [0.4, 0.5) is 15.8 Å².